The molecule has 2 nitrogen and oxygen atoms in total. The van der Waals surface area contributed by atoms with Crippen LogP contribution in [0.2, 0.25) is 0 Å². The predicted molar refractivity (Wildman–Crippen MR) is 57.7 cm³/mol. The maximum Gasteiger partial charge on any atom is 0.0654 e. The van der Waals surface area contributed by atoms with E-state index in [9.17, 15) is 0 Å². The number of rotatable bonds is 2. The summed E-state index contributed by atoms with van der Waals surface area (Å²) in [5.41, 5.74) is 2.24. The molecule has 72 valence electrons. The molecule has 0 fully saturated rings. The molecule has 0 aliphatic rings. The van der Waals surface area contributed by atoms with Gasteiger partial charge in [-0.05, 0) is 24.1 Å². The Bertz CT molecular complexity index is 401. The molecule has 0 saturated carbocycles. The molecular formula is C12H14N2. The molecule has 14 heavy (non-hydrogen) atoms. The molecule has 0 radical (unpaired) electrons. The van der Waals surface area contributed by atoms with Crippen LogP contribution in [0.3, 0.4) is 0 Å². The molecule has 0 bridgehead atoms. The molecule has 2 rings (SSSR count). The minimum atomic E-state index is 0.486. The zero-order valence-corrected chi connectivity index (χ0v) is 8.51. The molecule has 0 aliphatic heterocycles. The van der Waals surface area contributed by atoms with Crippen LogP contribution in [0.25, 0.3) is 5.69 Å². The van der Waals surface area contributed by atoms with Crippen LogP contribution >= 0.6 is 0 Å². The fraction of sp³-hybridized carbons (Fsp3) is 0.250. The highest BCUT2D eigenvalue weighted by Crippen LogP contribution is 2.13. The molecule has 0 saturated heterocycles. The van der Waals surface area contributed by atoms with Gasteiger partial charge in [-0.2, -0.15) is 5.10 Å². The molecule has 0 aliphatic carbocycles. The lowest BCUT2D eigenvalue weighted by molar-refractivity contribution is 0.768. The Balaban J connectivity index is 2.34. The van der Waals surface area contributed by atoms with Crippen molar-refractivity contribution in [3.8, 4) is 5.69 Å². The Morgan fingerprint density at radius 3 is 2.36 bits per heavy atom. The second-order valence-electron chi connectivity index (χ2n) is 3.68. The zero-order valence-electron chi connectivity index (χ0n) is 8.51. The highest BCUT2D eigenvalue weighted by atomic mass is 15.3. The highest BCUT2D eigenvalue weighted by molar-refractivity contribution is 5.30. The number of hydrogen-bond acceptors (Lipinski definition) is 1. The van der Waals surface area contributed by atoms with Crippen LogP contribution in [0.5, 0.6) is 0 Å². The summed E-state index contributed by atoms with van der Waals surface area (Å²) < 4.78 is 1.91. The van der Waals surface area contributed by atoms with Gasteiger partial charge in [-0.15, -0.1) is 0 Å². The fourth-order valence-corrected chi connectivity index (χ4v) is 1.37. The summed E-state index contributed by atoms with van der Waals surface area (Å²) in [4.78, 5) is 0. The van der Waals surface area contributed by atoms with Gasteiger partial charge >= 0.3 is 0 Å². The summed E-state index contributed by atoms with van der Waals surface area (Å²) in [5.74, 6) is 0.486. The normalized spacial score (nSPS) is 10.8. The van der Waals surface area contributed by atoms with E-state index in [1.165, 1.54) is 0 Å². The van der Waals surface area contributed by atoms with Crippen molar-refractivity contribution in [2.75, 3.05) is 0 Å². The third-order valence-electron chi connectivity index (χ3n) is 2.22. The van der Waals surface area contributed by atoms with E-state index in [2.05, 4.69) is 37.1 Å². The van der Waals surface area contributed by atoms with Gasteiger partial charge in [0, 0.05) is 6.20 Å². The van der Waals surface area contributed by atoms with Crippen LogP contribution < -0.4 is 0 Å². The summed E-state index contributed by atoms with van der Waals surface area (Å²) in [5, 5.41) is 4.50. The van der Waals surface area contributed by atoms with E-state index in [-0.39, 0.29) is 0 Å². The first-order valence-corrected chi connectivity index (χ1v) is 4.88. The standard InChI is InChI=1S/C12H14N2/c1-10(2)12-8-9-14(13-12)11-6-4-3-5-7-11/h3-10H,1-2H3. The van der Waals surface area contributed by atoms with Crippen LogP contribution in [-0.4, -0.2) is 9.78 Å². The average Bonchev–Trinajstić information content (AvgIpc) is 2.68. The van der Waals surface area contributed by atoms with Crippen molar-refractivity contribution in [1.82, 2.24) is 9.78 Å². The average molecular weight is 186 g/mol. The molecular weight excluding hydrogens is 172 g/mol. The van der Waals surface area contributed by atoms with Crippen molar-refractivity contribution in [3.63, 3.8) is 0 Å². The minimum Gasteiger partial charge on any atom is -0.241 e. The third-order valence-corrected chi connectivity index (χ3v) is 2.22. The Labute approximate surface area is 84.2 Å². The van der Waals surface area contributed by atoms with Crippen LogP contribution in [0, 0.1) is 0 Å². The monoisotopic (exact) mass is 186 g/mol. The predicted octanol–water partition coefficient (Wildman–Crippen LogP) is 3.00. The van der Waals surface area contributed by atoms with Crippen molar-refractivity contribution >= 4 is 0 Å². The lowest BCUT2D eigenvalue weighted by Gasteiger charge is -2.01. The topological polar surface area (TPSA) is 17.8 Å². The van der Waals surface area contributed by atoms with E-state index >= 15 is 0 Å². The van der Waals surface area contributed by atoms with E-state index in [1.54, 1.807) is 0 Å². The summed E-state index contributed by atoms with van der Waals surface area (Å²) in [6.45, 7) is 4.30. The largest absolute Gasteiger partial charge is 0.241 e. The Kier molecular flexibility index (Phi) is 2.35. The van der Waals surface area contributed by atoms with Gasteiger partial charge in [0.2, 0.25) is 0 Å². The Morgan fingerprint density at radius 2 is 1.79 bits per heavy atom. The first-order chi connectivity index (χ1) is 6.77. The number of benzene rings is 1. The minimum absolute atomic E-state index is 0.486. The lowest BCUT2D eigenvalue weighted by atomic mass is 10.1. The van der Waals surface area contributed by atoms with E-state index in [0.29, 0.717) is 5.92 Å². The van der Waals surface area contributed by atoms with Gasteiger partial charge in [0.1, 0.15) is 0 Å². The molecule has 2 heteroatoms. The molecule has 1 heterocycles. The number of aromatic nitrogens is 2. The van der Waals surface area contributed by atoms with Crippen molar-refractivity contribution in [2.45, 2.75) is 19.8 Å². The molecule has 0 spiro atoms. The van der Waals surface area contributed by atoms with Crippen molar-refractivity contribution in [3.05, 3.63) is 48.3 Å². The van der Waals surface area contributed by atoms with Gasteiger partial charge in [0.15, 0.2) is 0 Å². The maximum absolute atomic E-state index is 4.50. The zero-order chi connectivity index (χ0) is 9.97. The van der Waals surface area contributed by atoms with Gasteiger partial charge < -0.3 is 0 Å². The van der Waals surface area contributed by atoms with Gasteiger partial charge in [0.05, 0.1) is 11.4 Å². The van der Waals surface area contributed by atoms with E-state index in [0.717, 1.165) is 11.4 Å². The quantitative estimate of drug-likeness (QED) is 0.705. The van der Waals surface area contributed by atoms with Crippen LogP contribution in [-0.2, 0) is 0 Å². The maximum atomic E-state index is 4.50. The second-order valence-corrected chi connectivity index (χ2v) is 3.68. The van der Waals surface area contributed by atoms with E-state index in [1.807, 2.05) is 29.1 Å². The first kappa shape index (κ1) is 9.00. The summed E-state index contributed by atoms with van der Waals surface area (Å²) in [7, 11) is 0. The number of para-hydroxylation sites is 1. The van der Waals surface area contributed by atoms with Gasteiger partial charge in [0.25, 0.3) is 0 Å². The Hall–Kier alpha value is -1.57. The molecule has 0 N–H and O–H groups in total. The van der Waals surface area contributed by atoms with Gasteiger partial charge in [-0.3, -0.25) is 0 Å². The molecule has 0 unspecified atom stereocenters. The smallest absolute Gasteiger partial charge is 0.0654 e. The van der Waals surface area contributed by atoms with Crippen LogP contribution in [0.1, 0.15) is 25.5 Å². The summed E-state index contributed by atoms with van der Waals surface area (Å²) in [6.07, 6.45) is 2.00. The molecule has 0 atom stereocenters. The van der Waals surface area contributed by atoms with E-state index < -0.39 is 0 Å². The Morgan fingerprint density at radius 1 is 1.07 bits per heavy atom. The lowest BCUT2D eigenvalue weighted by Crippen LogP contribution is -1.96. The van der Waals surface area contributed by atoms with Gasteiger partial charge in [-0.25, -0.2) is 4.68 Å². The summed E-state index contributed by atoms with van der Waals surface area (Å²) in [6, 6.07) is 12.2. The second kappa shape index (κ2) is 3.66. The first-order valence-electron chi connectivity index (χ1n) is 4.88. The summed E-state index contributed by atoms with van der Waals surface area (Å²) >= 11 is 0. The molecule has 1 aromatic heterocycles. The molecule has 0 amide bonds. The molecule has 1 aromatic carbocycles. The van der Waals surface area contributed by atoms with Crippen LogP contribution in [0.15, 0.2) is 42.6 Å². The van der Waals surface area contributed by atoms with Crippen LogP contribution in [0.4, 0.5) is 0 Å². The SMILES string of the molecule is CC(C)c1ccn(-c2ccccc2)n1. The molecule has 2 aromatic rings. The third kappa shape index (κ3) is 1.69. The number of hydrogen-bond donors (Lipinski definition) is 0. The van der Waals surface area contributed by atoms with Crippen molar-refractivity contribution in [2.24, 2.45) is 0 Å². The van der Waals surface area contributed by atoms with Gasteiger partial charge in [-0.1, -0.05) is 32.0 Å². The van der Waals surface area contributed by atoms with Crippen molar-refractivity contribution in [1.29, 1.82) is 0 Å². The highest BCUT2D eigenvalue weighted by Gasteiger charge is 2.03. The van der Waals surface area contributed by atoms with Crippen molar-refractivity contribution < 1.29 is 0 Å². The number of nitrogens with zero attached hydrogens (tertiary/aromatic N) is 2. The van der Waals surface area contributed by atoms with E-state index in [4.69, 9.17) is 0 Å². The fourth-order valence-electron chi connectivity index (χ4n) is 1.37.